The van der Waals surface area contributed by atoms with Gasteiger partial charge in [0.15, 0.2) is 0 Å². The number of rotatable bonds is 4. The van der Waals surface area contributed by atoms with Crippen LogP contribution in [0, 0.1) is 5.92 Å². The van der Waals surface area contributed by atoms with Gasteiger partial charge in [-0.05, 0) is 30.2 Å². The fourth-order valence-electron chi connectivity index (χ4n) is 1.08. The molecule has 0 spiro atoms. The predicted octanol–water partition coefficient (Wildman–Crippen LogP) is 1.60. The number of carbonyl (C=O) groups excluding carboxylic acids is 1. The lowest BCUT2D eigenvalue weighted by molar-refractivity contribution is -0.386. The quantitative estimate of drug-likeness (QED) is 0.624. The fourth-order valence-corrected chi connectivity index (χ4v) is 1.08. The SMILES string of the molecule is CC(C)COC(=O)Oc1ccc(C[NH3+])cc1. The third kappa shape index (κ3) is 4.31. The highest BCUT2D eigenvalue weighted by Crippen LogP contribution is 2.12. The molecule has 0 radical (unpaired) electrons. The summed E-state index contributed by atoms with van der Waals surface area (Å²) in [7, 11) is 0. The zero-order chi connectivity index (χ0) is 12.0. The van der Waals surface area contributed by atoms with Crippen LogP contribution < -0.4 is 10.5 Å². The zero-order valence-corrected chi connectivity index (χ0v) is 9.73. The number of quaternary nitrogens is 1. The molecule has 1 aromatic carbocycles. The maximum atomic E-state index is 11.2. The lowest BCUT2D eigenvalue weighted by Gasteiger charge is -2.07. The van der Waals surface area contributed by atoms with Gasteiger partial charge in [0, 0.05) is 5.56 Å². The van der Waals surface area contributed by atoms with E-state index in [2.05, 4.69) is 5.73 Å². The third-order valence-electron chi connectivity index (χ3n) is 1.95. The number of carbonyl (C=O) groups is 1. The molecule has 0 aromatic heterocycles. The third-order valence-corrected chi connectivity index (χ3v) is 1.95. The first-order chi connectivity index (χ1) is 7.61. The van der Waals surface area contributed by atoms with Gasteiger partial charge in [0.05, 0.1) is 13.2 Å². The molecule has 0 heterocycles. The molecule has 4 heteroatoms. The van der Waals surface area contributed by atoms with Gasteiger partial charge in [-0.3, -0.25) is 0 Å². The minimum Gasteiger partial charge on any atom is -0.434 e. The highest BCUT2D eigenvalue weighted by atomic mass is 16.7. The molecule has 0 amide bonds. The average molecular weight is 224 g/mol. The molecule has 0 bridgehead atoms. The highest BCUT2D eigenvalue weighted by molar-refractivity contribution is 5.63. The first-order valence-corrected chi connectivity index (χ1v) is 5.34. The van der Waals surface area contributed by atoms with Crippen molar-refractivity contribution in [1.82, 2.24) is 0 Å². The molecule has 3 N–H and O–H groups in total. The number of benzene rings is 1. The van der Waals surface area contributed by atoms with Gasteiger partial charge in [-0.15, -0.1) is 0 Å². The summed E-state index contributed by atoms with van der Waals surface area (Å²) in [4.78, 5) is 11.2. The van der Waals surface area contributed by atoms with E-state index >= 15 is 0 Å². The second kappa shape index (κ2) is 6.12. The van der Waals surface area contributed by atoms with Crippen molar-refractivity contribution in [3.63, 3.8) is 0 Å². The summed E-state index contributed by atoms with van der Waals surface area (Å²) in [6, 6.07) is 7.21. The molecule has 88 valence electrons. The van der Waals surface area contributed by atoms with Gasteiger partial charge in [0.1, 0.15) is 5.75 Å². The standard InChI is InChI=1S/C12H17NO3/c1-9(2)8-15-12(14)16-11-5-3-10(7-13)4-6-11/h3-6,9H,7-8,13H2,1-2H3/p+1. The monoisotopic (exact) mass is 224 g/mol. The van der Waals surface area contributed by atoms with Crippen molar-refractivity contribution in [1.29, 1.82) is 0 Å². The largest absolute Gasteiger partial charge is 0.513 e. The van der Waals surface area contributed by atoms with Crippen molar-refractivity contribution >= 4 is 6.16 Å². The van der Waals surface area contributed by atoms with Crippen LogP contribution in [0.25, 0.3) is 0 Å². The van der Waals surface area contributed by atoms with Crippen molar-refractivity contribution in [2.75, 3.05) is 6.61 Å². The Morgan fingerprint density at radius 2 is 1.94 bits per heavy atom. The predicted molar refractivity (Wildman–Crippen MR) is 59.8 cm³/mol. The topological polar surface area (TPSA) is 63.2 Å². The molecular weight excluding hydrogens is 206 g/mol. The summed E-state index contributed by atoms with van der Waals surface area (Å²) < 4.78 is 9.87. The molecule has 0 aliphatic carbocycles. The Morgan fingerprint density at radius 3 is 2.44 bits per heavy atom. The van der Waals surface area contributed by atoms with E-state index in [0.717, 1.165) is 12.1 Å². The van der Waals surface area contributed by atoms with Crippen LogP contribution in [0.15, 0.2) is 24.3 Å². The Labute approximate surface area is 95.3 Å². The van der Waals surface area contributed by atoms with Crippen molar-refractivity contribution in [2.24, 2.45) is 5.92 Å². The molecule has 0 atom stereocenters. The Morgan fingerprint density at radius 1 is 1.31 bits per heavy atom. The zero-order valence-electron chi connectivity index (χ0n) is 9.73. The Balaban J connectivity index is 2.43. The van der Waals surface area contributed by atoms with E-state index in [1.54, 1.807) is 12.1 Å². The van der Waals surface area contributed by atoms with Crippen LogP contribution in [0.5, 0.6) is 5.75 Å². The average Bonchev–Trinajstić information content (AvgIpc) is 2.27. The Bertz CT molecular complexity index is 333. The van der Waals surface area contributed by atoms with Gasteiger partial charge >= 0.3 is 6.16 Å². The summed E-state index contributed by atoms with van der Waals surface area (Å²) >= 11 is 0. The van der Waals surface area contributed by atoms with Gasteiger partial charge in [0.2, 0.25) is 0 Å². The molecule has 0 fully saturated rings. The van der Waals surface area contributed by atoms with E-state index in [1.165, 1.54) is 0 Å². The van der Waals surface area contributed by atoms with Crippen molar-refractivity contribution in [3.05, 3.63) is 29.8 Å². The van der Waals surface area contributed by atoms with Gasteiger partial charge in [0.25, 0.3) is 0 Å². The van der Waals surface area contributed by atoms with Crippen molar-refractivity contribution in [2.45, 2.75) is 20.4 Å². The maximum Gasteiger partial charge on any atom is 0.513 e. The lowest BCUT2D eigenvalue weighted by Crippen LogP contribution is -2.47. The van der Waals surface area contributed by atoms with Crippen molar-refractivity contribution in [3.8, 4) is 5.75 Å². The lowest BCUT2D eigenvalue weighted by atomic mass is 10.2. The number of hydrogen-bond acceptors (Lipinski definition) is 3. The van der Waals surface area contributed by atoms with Gasteiger partial charge in [-0.1, -0.05) is 13.8 Å². The molecule has 0 saturated heterocycles. The van der Waals surface area contributed by atoms with E-state index in [-0.39, 0.29) is 0 Å². The number of ether oxygens (including phenoxy) is 2. The van der Waals surface area contributed by atoms with Gasteiger partial charge in [-0.2, -0.15) is 0 Å². The minimum atomic E-state index is -0.656. The molecule has 0 aliphatic rings. The van der Waals surface area contributed by atoms with E-state index in [0.29, 0.717) is 18.3 Å². The van der Waals surface area contributed by atoms with Gasteiger partial charge in [-0.25, -0.2) is 4.79 Å². The van der Waals surface area contributed by atoms with E-state index in [1.807, 2.05) is 26.0 Å². The summed E-state index contributed by atoms with van der Waals surface area (Å²) in [6.45, 7) is 5.03. The van der Waals surface area contributed by atoms with Crippen LogP contribution >= 0.6 is 0 Å². The van der Waals surface area contributed by atoms with Crippen LogP contribution in [0.1, 0.15) is 19.4 Å². The molecule has 0 aliphatic heterocycles. The molecular formula is C12H18NO3+. The van der Waals surface area contributed by atoms with Crippen LogP contribution in [0.4, 0.5) is 4.79 Å². The molecule has 1 rings (SSSR count). The van der Waals surface area contributed by atoms with Crippen LogP contribution in [0.2, 0.25) is 0 Å². The summed E-state index contributed by atoms with van der Waals surface area (Å²) in [5, 5.41) is 0. The first kappa shape index (κ1) is 12.5. The normalized spacial score (nSPS) is 10.2. The molecule has 1 aromatic rings. The van der Waals surface area contributed by atoms with Gasteiger partial charge < -0.3 is 15.2 Å². The summed E-state index contributed by atoms with van der Waals surface area (Å²) in [5.41, 5.74) is 4.86. The van der Waals surface area contributed by atoms with E-state index in [4.69, 9.17) is 9.47 Å². The molecule has 4 nitrogen and oxygen atoms in total. The Kier molecular flexibility index (Phi) is 4.79. The van der Waals surface area contributed by atoms with Crippen molar-refractivity contribution < 1.29 is 20.0 Å². The minimum absolute atomic E-state index is 0.307. The highest BCUT2D eigenvalue weighted by Gasteiger charge is 2.06. The van der Waals surface area contributed by atoms with Crippen LogP contribution in [0.3, 0.4) is 0 Å². The second-order valence-electron chi connectivity index (χ2n) is 3.95. The molecule has 0 unspecified atom stereocenters. The Hall–Kier alpha value is -1.55. The summed E-state index contributed by atoms with van der Waals surface area (Å²) in [5.74, 6) is 0.798. The molecule has 16 heavy (non-hydrogen) atoms. The summed E-state index contributed by atoms with van der Waals surface area (Å²) in [6.07, 6.45) is -0.656. The van der Waals surface area contributed by atoms with Crippen LogP contribution in [-0.4, -0.2) is 12.8 Å². The fraction of sp³-hybridized carbons (Fsp3) is 0.417. The maximum absolute atomic E-state index is 11.2. The first-order valence-electron chi connectivity index (χ1n) is 5.34. The molecule has 0 saturated carbocycles. The number of hydrogen-bond donors (Lipinski definition) is 1. The van der Waals surface area contributed by atoms with E-state index < -0.39 is 6.16 Å². The smallest absolute Gasteiger partial charge is 0.434 e. The second-order valence-corrected chi connectivity index (χ2v) is 3.95. The van der Waals surface area contributed by atoms with Crippen LogP contribution in [-0.2, 0) is 11.3 Å². The van der Waals surface area contributed by atoms with E-state index in [9.17, 15) is 4.79 Å².